The first kappa shape index (κ1) is 19.5. The van der Waals surface area contributed by atoms with Gasteiger partial charge in [0.15, 0.2) is 0 Å². The summed E-state index contributed by atoms with van der Waals surface area (Å²) < 4.78 is 17.7. The zero-order valence-corrected chi connectivity index (χ0v) is 14.6. The predicted octanol–water partition coefficient (Wildman–Crippen LogP) is 1.74. The third-order valence-corrected chi connectivity index (χ3v) is 2.91. The number of ether oxygens (including phenoxy) is 2. The Balaban J connectivity index is 0.00000529. The van der Waals surface area contributed by atoms with E-state index >= 15 is 0 Å². The van der Waals surface area contributed by atoms with E-state index in [0.717, 1.165) is 5.56 Å². The minimum Gasteiger partial charge on any atom is -0.491 e. The van der Waals surface area contributed by atoms with Gasteiger partial charge in [0.25, 0.3) is 0 Å². The van der Waals surface area contributed by atoms with E-state index in [2.05, 4.69) is 15.4 Å². The van der Waals surface area contributed by atoms with Crippen molar-refractivity contribution in [2.45, 2.75) is 32.4 Å². The van der Waals surface area contributed by atoms with Gasteiger partial charge in [0.1, 0.15) is 18.4 Å². The van der Waals surface area contributed by atoms with E-state index < -0.39 is 12.2 Å². The Morgan fingerprint density at radius 3 is 2.57 bits per heavy atom. The molecular formula is C16H27ClN2O4. The topological polar surface area (TPSA) is 79.8 Å². The van der Waals surface area contributed by atoms with Gasteiger partial charge in [0.05, 0.1) is 8.48 Å². The Hall–Kier alpha value is -1.50. The highest BCUT2D eigenvalue weighted by Crippen LogP contribution is 2.12. The smallest absolute Gasteiger partial charge is 0.406 e. The molecule has 0 aromatic heterocycles. The molecule has 1 atom stereocenters. The Kier molecular flexibility index (Phi) is 10.2. The molecule has 1 amide bonds. The highest BCUT2D eigenvalue weighted by molar-refractivity contribution is 5.85. The Labute approximate surface area is 145 Å². The molecule has 0 saturated heterocycles. The first-order valence-corrected chi connectivity index (χ1v) is 7.32. The van der Waals surface area contributed by atoms with Crippen LogP contribution in [0.25, 0.3) is 0 Å². The van der Waals surface area contributed by atoms with Gasteiger partial charge in [-0.15, -0.1) is 12.4 Å². The molecule has 7 heteroatoms. The monoisotopic (exact) mass is 348 g/mol. The normalized spacial score (nSPS) is 13.5. The number of rotatable bonds is 9. The van der Waals surface area contributed by atoms with Crippen molar-refractivity contribution in [3.05, 3.63) is 29.8 Å². The van der Waals surface area contributed by atoms with E-state index in [4.69, 9.17) is 6.11 Å². The number of amides is 1. The number of nitrogens with one attached hydrogen (secondary N) is 2. The van der Waals surface area contributed by atoms with Crippen molar-refractivity contribution in [1.82, 2.24) is 10.6 Å². The van der Waals surface area contributed by atoms with Crippen LogP contribution >= 0.6 is 12.4 Å². The minimum atomic E-state index is -1.67. The minimum absolute atomic E-state index is 0. The number of aliphatic hydroxyl groups is 1. The number of halogens is 1. The summed E-state index contributed by atoms with van der Waals surface area (Å²) in [5.74, 6) is 0.588. The number of carbonyl (C=O) groups is 1. The number of alkyl carbamates (subject to hydrolysis) is 1. The van der Waals surface area contributed by atoms with Crippen LogP contribution in [0.15, 0.2) is 24.3 Å². The molecule has 23 heavy (non-hydrogen) atoms. The predicted molar refractivity (Wildman–Crippen MR) is 92.4 cm³/mol. The summed E-state index contributed by atoms with van der Waals surface area (Å²) in [7, 11) is 1.33. The molecule has 0 heterocycles. The van der Waals surface area contributed by atoms with E-state index in [1.165, 1.54) is 7.11 Å². The second-order valence-electron chi connectivity index (χ2n) is 5.20. The van der Waals surface area contributed by atoms with E-state index in [1.807, 2.05) is 26.0 Å². The molecule has 3 N–H and O–H groups in total. The molecule has 1 aromatic rings. The van der Waals surface area contributed by atoms with Crippen LogP contribution in [-0.4, -0.2) is 50.1 Å². The lowest BCUT2D eigenvalue weighted by molar-refractivity contribution is 0.104. The van der Waals surface area contributed by atoms with Crippen LogP contribution in [0.1, 0.15) is 20.8 Å². The molecule has 0 spiro atoms. The van der Waals surface area contributed by atoms with Gasteiger partial charge in [0, 0.05) is 19.1 Å². The summed E-state index contributed by atoms with van der Waals surface area (Å²) in [6, 6.07) is 7.51. The van der Waals surface area contributed by atoms with E-state index in [1.54, 1.807) is 12.1 Å². The quantitative estimate of drug-likeness (QED) is 0.633. The van der Waals surface area contributed by atoms with E-state index in [9.17, 15) is 9.90 Å². The van der Waals surface area contributed by atoms with E-state index in [0.29, 0.717) is 18.7 Å². The summed E-state index contributed by atoms with van der Waals surface area (Å²) in [4.78, 5) is 10.9. The fourth-order valence-electron chi connectivity index (χ4n) is 1.67. The molecule has 0 saturated carbocycles. The van der Waals surface area contributed by atoms with Crippen LogP contribution in [0.5, 0.6) is 5.75 Å². The summed E-state index contributed by atoms with van der Waals surface area (Å²) in [6.45, 7) is 4.41. The lowest BCUT2D eigenvalue weighted by Gasteiger charge is -2.15. The second-order valence-corrected chi connectivity index (χ2v) is 5.20. The lowest BCUT2D eigenvalue weighted by Crippen LogP contribution is -2.35. The Morgan fingerprint density at radius 1 is 1.35 bits per heavy atom. The zero-order valence-electron chi connectivity index (χ0n) is 14.8. The third kappa shape index (κ3) is 9.99. The van der Waals surface area contributed by atoms with Gasteiger partial charge in [-0.2, -0.15) is 0 Å². The molecule has 0 aliphatic carbocycles. The largest absolute Gasteiger partial charge is 0.491 e. The molecular weight excluding hydrogens is 320 g/mol. The Morgan fingerprint density at radius 2 is 2.00 bits per heavy atom. The molecule has 0 bridgehead atoms. The van der Waals surface area contributed by atoms with Crippen molar-refractivity contribution < 1.29 is 20.7 Å². The SMILES string of the molecule is Cl.[3H]C(O)(CNC(C)C)COc1ccc(CCNC(=O)OC)cc1. The molecule has 1 rings (SSSR count). The maximum atomic E-state index is 10.9. The van der Waals surface area contributed by atoms with Crippen molar-refractivity contribution in [2.75, 3.05) is 26.8 Å². The first-order valence-electron chi connectivity index (χ1n) is 7.82. The number of hydrogen-bond acceptors (Lipinski definition) is 5. The maximum absolute atomic E-state index is 10.9. The van der Waals surface area contributed by atoms with Crippen molar-refractivity contribution in [3.63, 3.8) is 0 Å². The molecule has 0 fully saturated rings. The second kappa shape index (κ2) is 12.0. The molecule has 6 nitrogen and oxygen atoms in total. The fourth-order valence-corrected chi connectivity index (χ4v) is 1.67. The van der Waals surface area contributed by atoms with Crippen molar-refractivity contribution in [3.8, 4) is 5.75 Å². The average Bonchev–Trinajstić information content (AvgIpc) is 2.52. The lowest BCUT2D eigenvalue weighted by atomic mass is 10.1. The van der Waals surface area contributed by atoms with Crippen LogP contribution in [-0.2, 0) is 11.2 Å². The number of benzene rings is 1. The molecule has 132 valence electrons. The number of carbonyl (C=O) groups excluding carboxylic acids is 1. The molecule has 1 unspecified atom stereocenters. The van der Waals surface area contributed by atoms with Crippen LogP contribution in [0.3, 0.4) is 0 Å². The maximum Gasteiger partial charge on any atom is 0.406 e. The van der Waals surface area contributed by atoms with Crippen molar-refractivity contribution in [2.24, 2.45) is 0 Å². The summed E-state index contributed by atoms with van der Waals surface area (Å²) >= 11 is 0. The van der Waals surface area contributed by atoms with Gasteiger partial charge >= 0.3 is 6.09 Å². The molecule has 0 radical (unpaired) electrons. The first-order chi connectivity index (χ1) is 10.8. The van der Waals surface area contributed by atoms with Gasteiger partial charge in [-0.25, -0.2) is 4.79 Å². The highest BCUT2D eigenvalue weighted by atomic mass is 35.5. The standard InChI is InChI=1S/C16H26N2O4.ClH/c1-12(2)18-10-14(19)11-22-15-6-4-13(5-7-15)8-9-17-16(20)21-3;/h4-7,12,14,18-19H,8-11H2,1-3H3,(H,17,20);1H/i14T;. The molecule has 1 aromatic carbocycles. The average molecular weight is 349 g/mol. The van der Waals surface area contributed by atoms with Gasteiger partial charge in [0.2, 0.25) is 0 Å². The van der Waals surface area contributed by atoms with Gasteiger partial charge in [-0.3, -0.25) is 0 Å². The van der Waals surface area contributed by atoms with Crippen LogP contribution in [0.4, 0.5) is 4.79 Å². The zero-order chi connectivity index (χ0) is 17.3. The van der Waals surface area contributed by atoms with Crippen LogP contribution in [0.2, 0.25) is 0 Å². The van der Waals surface area contributed by atoms with E-state index in [-0.39, 0.29) is 31.6 Å². The van der Waals surface area contributed by atoms with Gasteiger partial charge in [-0.1, -0.05) is 26.0 Å². The summed E-state index contributed by atoms with van der Waals surface area (Å²) in [5, 5.41) is 15.5. The summed E-state index contributed by atoms with van der Waals surface area (Å²) in [5.41, 5.74) is 1.04. The van der Waals surface area contributed by atoms with Gasteiger partial charge < -0.3 is 25.2 Å². The number of methoxy groups -OCH3 is 1. The fraction of sp³-hybridized carbons (Fsp3) is 0.562. The van der Waals surface area contributed by atoms with Crippen molar-refractivity contribution in [1.29, 1.82) is 0 Å². The van der Waals surface area contributed by atoms with Crippen molar-refractivity contribution >= 4 is 18.5 Å². The number of hydrogen-bond donors (Lipinski definition) is 3. The highest BCUT2D eigenvalue weighted by Gasteiger charge is 2.06. The summed E-state index contributed by atoms with van der Waals surface area (Å²) in [6.07, 6.45) is -1.45. The van der Waals surface area contributed by atoms with Crippen LogP contribution < -0.4 is 15.4 Å². The van der Waals surface area contributed by atoms with Crippen LogP contribution in [0, 0.1) is 0 Å². The Bertz CT molecular complexity index is 483. The molecule has 0 aliphatic rings. The van der Waals surface area contributed by atoms with Gasteiger partial charge in [-0.05, 0) is 24.1 Å². The molecule has 0 aliphatic heterocycles. The third-order valence-electron chi connectivity index (χ3n) is 2.91.